The van der Waals surface area contributed by atoms with E-state index in [0.717, 1.165) is 10.5 Å². The molecular formula is C10H11NOS. The fraction of sp³-hybridized carbons (Fsp3) is 0.300. The molecular weight excluding hydrogens is 182 g/mol. The fourth-order valence-electron chi connectivity index (χ4n) is 0.980. The van der Waals surface area contributed by atoms with Gasteiger partial charge in [-0.2, -0.15) is 5.26 Å². The van der Waals surface area contributed by atoms with Crippen LogP contribution in [-0.4, -0.2) is 10.9 Å². The van der Waals surface area contributed by atoms with Gasteiger partial charge in [-0.25, -0.2) is 0 Å². The van der Waals surface area contributed by atoms with E-state index in [1.807, 2.05) is 24.3 Å². The molecule has 1 unspecified atom stereocenters. The maximum atomic E-state index is 9.30. The molecule has 1 N–H and O–H groups in total. The smallest absolute Gasteiger partial charge is 0.0855 e. The third-order valence-corrected chi connectivity index (χ3v) is 2.50. The van der Waals surface area contributed by atoms with Gasteiger partial charge in [0.1, 0.15) is 0 Å². The first-order valence-corrected chi connectivity index (χ1v) is 5.00. The summed E-state index contributed by atoms with van der Waals surface area (Å²) in [6.45, 7) is 1.73. The molecule has 0 aromatic heterocycles. The lowest BCUT2D eigenvalue weighted by molar-refractivity contribution is 0.199. The van der Waals surface area contributed by atoms with Crippen molar-refractivity contribution in [3.8, 4) is 6.07 Å². The standard InChI is InChI=1S/C10H11NOS/c1-8(12)9-3-2-4-10(7-9)13-6-5-11/h2-4,7-8,12H,6H2,1H3. The van der Waals surface area contributed by atoms with E-state index in [-0.39, 0.29) is 0 Å². The number of aliphatic hydroxyl groups is 1. The van der Waals surface area contributed by atoms with Crippen molar-refractivity contribution >= 4 is 11.8 Å². The Balaban J connectivity index is 2.75. The zero-order valence-electron chi connectivity index (χ0n) is 7.40. The largest absolute Gasteiger partial charge is 0.389 e. The molecule has 0 saturated carbocycles. The highest BCUT2D eigenvalue weighted by Crippen LogP contribution is 2.21. The minimum absolute atomic E-state index is 0.442. The molecule has 13 heavy (non-hydrogen) atoms. The van der Waals surface area contributed by atoms with Gasteiger partial charge in [0.25, 0.3) is 0 Å². The van der Waals surface area contributed by atoms with Gasteiger partial charge < -0.3 is 5.11 Å². The Morgan fingerprint density at radius 3 is 3.00 bits per heavy atom. The Bertz CT molecular complexity index is 317. The Hall–Kier alpha value is -0.980. The number of rotatable bonds is 3. The van der Waals surface area contributed by atoms with Gasteiger partial charge in [0.15, 0.2) is 0 Å². The van der Waals surface area contributed by atoms with E-state index in [1.165, 1.54) is 11.8 Å². The maximum Gasteiger partial charge on any atom is 0.0855 e. The van der Waals surface area contributed by atoms with Crippen LogP contribution in [-0.2, 0) is 0 Å². The molecule has 0 spiro atoms. The normalized spacial score (nSPS) is 12.1. The average Bonchev–Trinajstić information content (AvgIpc) is 2.15. The molecule has 1 atom stereocenters. The second-order valence-electron chi connectivity index (χ2n) is 2.70. The van der Waals surface area contributed by atoms with Crippen molar-refractivity contribution in [1.82, 2.24) is 0 Å². The lowest BCUT2D eigenvalue weighted by Gasteiger charge is -2.05. The Morgan fingerprint density at radius 2 is 2.38 bits per heavy atom. The van der Waals surface area contributed by atoms with Crippen LogP contribution in [0.3, 0.4) is 0 Å². The summed E-state index contributed by atoms with van der Waals surface area (Å²) < 4.78 is 0. The molecule has 0 saturated heterocycles. The van der Waals surface area contributed by atoms with Gasteiger partial charge in [-0.15, -0.1) is 11.8 Å². The molecule has 1 aromatic carbocycles. The molecule has 0 aliphatic carbocycles. The monoisotopic (exact) mass is 193 g/mol. The van der Waals surface area contributed by atoms with Crippen LogP contribution >= 0.6 is 11.8 Å². The summed E-state index contributed by atoms with van der Waals surface area (Å²) in [5.41, 5.74) is 0.892. The van der Waals surface area contributed by atoms with Crippen LogP contribution in [0.1, 0.15) is 18.6 Å². The summed E-state index contributed by atoms with van der Waals surface area (Å²) >= 11 is 1.48. The van der Waals surface area contributed by atoms with Crippen LogP contribution in [0.25, 0.3) is 0 Å². The van der Waals surface area contributed by atoms with Crippen molar-refractivity contribution in [3.63, 3.8) is 0 Å². The van der Waals surface area contributed by atoms with Crippen LogP contribution in [0, 0.1) is 11.3 Å². The van der Waals surface area contributed by atoms with Gasteiger partial charge in [-0.05, 0) is 24.6 Å². The molecule has 2 nitrogen and oxygen atoms in total. The van der Waals surface area contributed by atoms with E-state index < -0.39 is 6.10 Å². The molecule has 0 amide bonds. The highest BCUT2D eigenvalue weighted by Gasteiger charge is 2.01. The molecule has 68 valence electrons. The van der Waals surface area contributed by atoms with Gasteiger partial charge in [0.05, 0.1) is 17.9 Å². The quantitative estimate of drug-likeness (QED) is 0.749. The van der Waals surface area contributed by atoms with Crippen molar-refractivity contribution in [1.29, 1.82) is 5.26 Å². The predicted octanol–water partition coefficient (Wildman–Crippen LogP) is 2.36. The first-order valence-electron chi connectivity index (χ1n) is 4.02. The van der Waals surface area contributed by atoms with Crippen LogP contribution in [0.4, 0.5) is 0 Å². The topological polar surface area (TPSA) is 44.0 Å². The average molecular weight is 193 g/mol. The third-order valence-electron chi connectivity index (χ3n) is 1.64. The molecule has 0 aliphatic heterocycles. The van der Waals surface area contributed by atoms with Crippen molar-refractivity contribution in [3.05, 3.63) is 29.8 Å². The second kappa shape index (κ2) is 4.90. The van der Waals surface area contributed by atoms with E-state index >= 15 is 0 Å². The number of aliphatic hydroxyl groups excluding tert-OH is 1. The van der Waals surface area contributed by atoms with Crippen LogP contribution in [0.5, 0.6) is 0 Å². The molecule has 3 heteroatoms. The first kappa shape index (κ1) is 10.1. The van der Waals surface area contributed by atoms with E-state index in [0.29, 0.717) is 5.75 Å². The number of nitriles is 1. The zero-order valence-corrected chi connectivity index (χ0v) is 8.21. The summed E-state index contributed by atoms with van der Waals surface area (Å²) in [5.74, 6) is 0.448. The van der Waals surface area contributed by atoms with E-state index in [1.54, 1.807) is 6.92 Å². The zero-order chi connectivity index (χ0) is 9.68. The van der Waals surface area contributed by atoms with Crippen LogP contribution < -0.4 is 0 Å². The van der Waals surface area contributed by atoms with Crippen LogP contribution in [0.2, 0.25) is 0 Å². The molecule has 0 bridgehead atoms. The van der Waals surface area contributed by atoms with Crippen molar-refractivity contribution in [2.75, 3.05) is 5.75 Å². The highest BCUT2D eigenvalue weighted by molar-refractivity contribution is 7.99. The summed E-state index contributed by atoms with van der Waals surface area (Å²) in [7, 11) is 0. The third kappa shape index (κ3) is 3.10. The summed E-state index contributed by atoms with van der Waals surface area (Å²) in [6.07, 6.45) is -0.442. The Morgan fingerprint density at radius 1 is 1.62 bits per heavy atom. The van der Waals surface area contributed by atoms with Gasteiger partial charge in [-0.1, -0.05) is 12.1 Å². The Kier molecular flexibility index (Phi) is 3.81. The lowest BCUT2D eigenvalue weighted by Crippen LogP contribution is -1.90. The first-order chi connectivity index (χ1) is 6.24. The second-order valence-corrected chi connectivity index (χ2v) is 3.74. The number of hydrogen-bond acceptors (Lipinski definition) is 3. The van der Waals surface area contributed by atoms with Crippen LogP contribution in [0.15, 0.2) is 29.2 Å². The van der Waals surface area contributed by atoms with Crippen molar-refractivity contribution in [2.45, 2.75) is 17.9 Å². The lowest BCUT2D eigenvalue weighted by atomic mass is 10.1. The predicted molar refractivity (Wildman–Crippen MR) is 53.4 cm³/mol. The van der Waals surface area contributed by atoms with E-state index in [4.69, 9.17) is 5.26 Å². The van der Waals surface area contributed by atoms with E-state index in [9.17, 15) is 5.11 Å². The number of nitrogens with zero attached hydrogens (tertiary/aromatic N) is 1. The van der Waals surface area contributed by atoms with Crippen molar-refractivity contribution in [2.24, 2.45) is 0 Å². The molecule has 0 aliphatic rings. The summed E-state index contributed by atoms with van der Waals surface area (Å²) in [4.78, 5) is 1.03. The van der Waals surface area contributed by atoms with E-state index in [2.05, 4.69) is 6.07 Å². The van der Waals surface area contributed by atoms with Gasteiger partial charge >= 0.3 is 0 Å². The molecule has 1 aromatic rings. The highest BCUT2D eigenvalue weighted by atomic mass is 32.2. The number of benzene rings is 1. The molecule has 1 rings (SSSR count). The summed E-state index contributed by atoms with van der Waals surface area (Å²) in [5, 5.41) is 17.7. The summed E-state index contributed by atoms with van der Waals surface area (Å²) in [6, 6.07) is 9.68. The van der Waals surface area contributed by atoms with Gasteiger partial charge in [0.2, 0.25) is 0 Å². The van der Waals surface area contributed by atoms with Gasteiger partial charge in [0, 0.05) is 4.90 Å². The maximum absolute atomic E-state index is 9.30. The van der Waals surface area contributed by atoms with Crippen molar-refractivity contribution < 1.29 is 5.11 Å². The minimum Gasteiger partial charge on any atom is -0.389 e. The fourth-order valence-corrected chi connectivity index (χ4v) is 1.61. The molecule has 0 fully saturated rings. The Labute approximate surface area is 82.2 Å². The SMILES string of the molecule is CC(O)c1cccc(SCC#N)c1. The van der Waals surface area contributed by atoms with Gasteiger partial charge in [-0.3, -0.25) is 0 Å². The number of hydrogen-bond donors (Lipinski definition) is 1. The number of thioether (sulfide) groups is 1. The minimum atomic E-state index is -0.442. The molecule has 0 radical (unpaired) electrons. The molecule has 0 heterocycles.